The summed E-state index contributed by atoms with van der Waals surface area (Å²) >= 11 is 1.56. The van der Waals surface area contributed by atoms with E-state index in [2.05, 4.69) is 5.32 Å². The Balaban J connectivity index is 2.03. The van der Waals surface area contributed by atoms with Crippen molar-refractivity contribution >= 4 is 23.6 Å². The number of amides is 1. The highest BCUT2D eigenvalue weighted by molar-refractivity contribution is 7.99. The van der Waals surface area contributed by atoms with Crippen LogP contribution < -0.4 is 10.1 Å². The highest BCUT2D eigenvalue weighted by atomic mass is 32.2. The Labute approximate surface area is 134 Å². The molecule has 0 saturated carbocycles. The molecule has 2 N–H and O–H groups in total. The van der Waals surface area contributed by atoms with Gasteiger partial charge in [-0.15, -0.1) is 0 Å². The normalized spacial score (nSPS) is 22.1. The van der Waals surface area contributed by atoms with Crippen molar-refractivity contribution in [1.29, 1.82) is 0 Å². The molecule has 1 amide bonds. The summed E-state index contributed by atoms with van der Waals surface area (Å²) in [7, 11) is 1.60. The highest BCUT2D eigenvalue weighted by Gasteiger charge is 2.43. The molecular weight excluding hydrogens is 302 g/mol. The fourth-order valence-electron chi connectivity index (χ4n) is 2.67. The number of aliphatic carboxylic acids is 1. The van der Waals surface area contributed by atoms with Crippen molar-refractivity contribution < 1.29 is 19.4 Å². The Morgan fingerprint density at radius 2 is 2.18 bits per heavy atom. The Hall–Kier alpha value is -1.69. The number of carbonyl (C=O) groups excluding carboxylic acids is 1. The van der Waals surface area contributed by atoms with Crippen LogP contribution in [0.1, 0.15) is 31.2 Å². The second-order valence-corrected chi connectivity index (χ2v) is 6.69. The quantitative estimate of drug-likeness (QED) is 0.840. The minimum Gasteiger partial charge on any atom is -0.496 e. The number of methoxy groups -OCH3 is 1. The predicted molar refractivity (Wildman–Crippen MR) is 86.5 cm³/mol. The van der Waals surface area contributed by atoms with E-state index in [1.807, 2.05) is 31.2 Å². The van der Waals surface area contributed by atoms with Gasteiger partial charge in [-0.1, -0.05) is 25.1 Å². The van der Waals surface area contributed by atoms with E-state index in [9.17, 15) is 14.7 Å². The van der Waals surface area contributed by atoms with Gasteiger partial charge in [0.2, 0.25) is 5.91 Å². The number of nitrogens with one attached hydrogen (secondary N) is 1. The summed E-state index contributed by atoms with van der Waals surface area (Å²) in [6.07, 6.45) is 0.710. The van der Waals surface area contributed by atoms with E-state index in [0.717, 1.165) is 17.1 Å². The monoisotopic (exact) mass is 323 g/mol. The average Bonchev–Trinajstić information content (AvgIpc) is 2.96. The molecule has 22 heavy (non-hydrogen) atoms. The summed E-state index contributed by atoms with van der Waals surface area (Å²) < 4.78 is 5.31. The van der Waals surface area contributed by atoms with E-state index in [0.29, 0.717) is 12.2 Å². The number of rotatable bonds is 6. The van der Waals surface area contributed by atoms with E-state index in [4.69, 9.17) is 4.74 Å². The van der Waals surface area contributed by atoms with Gasteiger partial charge < -0.3 is 15.2 Å². The molecular formula is C16H21NO4S. The van der Waals surface area contributed by atoms with Crippen LogP contribution in [0.3, 0.4) is 0 Å². The fraction of sp³-hybridized carbons (Fsp3) is 0.500. The molecule has 2 atom stereocenters. The van der Waals surface area contributed by atoms with Gasteiger partial charge in [0.25, 0.3) is 0 Å². The molecule has 120 valence electrons. The van der Waals surface area contributed by atoms with Gasteiger partial charge in [0.15, 0.2) is 0 Å². The van der Waals surface area contributed by atoms with Gasteiger partial charge in [0.05, 0.1) is 7.11 Å². The number of ether oxygens (including phenoxy) is 1. The third-order valence-corrected chi connectivity index (χ3v) is 5.16. The summed E-state index contributed by atoms with van der Waals surface area (Å²) in [5, 5.41) is 12.1. The number of carboxylic acid groups (broad SMARTS) is 1. The molecule has 5 nitrogen and oxygen atoms in total. The van der Waals surface area contributed by atoms with Crippen LogP contribution in [0, 0.1) is 0 Å². The van der Waals surface area contributed by atoms with Crippen LogP contribution in [-0.2, 0) is 9.59 Å². The van der Waals surface area contributed by atoms with Crippen LogP contribution in [0.15, 0.2) is 24.3 Å². The summed E-state index contributed by atoms with van der Waals surface area (Å²) in [5.41, 5.74) is -0.160. The molecule has 1 aromatic carbocycles. The van der Waals surface area contributed by atoms with Gasteiger partial charge in [0, 0.05) is 12.2 Å². The molecule has 2 unspecified atom stereocenters. The minimum atomic E-state index is -1.11. The average molecular weight is 323 g/mol. The SMILES string of the molecule is COc1ccccc1C(C)CC(=O)NC1(C(=O)O)CCSC1. The molecule has 1 aliphatic heterocycles. The molecule has 0 radical (unpaired) electrons. The third kappa shape index (κ3) is 3.55. The Morgan fingerprint density at radius 3 is 2.77 bits per heavy atom. The van der Waals surface area contributed by atoms with Gasteiger partial charge in [-0.3, -0.25) is 4.79 Å². The maximum absolute atomic E-state index is 12.3. The van der Waals surface area contributed by atoms with Crippen molar-refractivity contribution in [3.05, 3.63) is 29.8 Å². The van der Waals surface area contributed by atoms with Crippen LogP contribution in [0.2, 0.25) is 0 Å². The second kappa shape index (κ2) is 7.05. The largest absolute Gasteiger partial charge is 0.496 e. The molecule has 0 aromatic heterocycles. The Bertz CT molecular complexity index is 555. The van der Waals surface area contributed by atoms with Gasteiger partial charge >= 0.3 is 5.97 Å². The van der Waals surface area contributed by atoms with E-state index in [-0.39, 0.29) is 18.2 Å². The number of hydrogen-bond donors (Lipinski definition) is 2. The zero-order valence-electron chi connectivity index (χ0n) is 12.8. The van der Waals surface area contributed by atoms with Crippen molar-refractivity contribution in [2.75, 3.05) is 18.6 Å². The first-order chi connectivity index (χ1) is 10.5. The standard InChI is InChI=1S/C16H21NO4S/c1-11(12-5-3-4-6-13(12)21-2)9-14(18)17-16(15(19)20)7-8-22-10-16/h3-6,11H,7-10H2,1-2H3,(H,17,18)(H,19,20). The number of hydrogen-bond acceptors (Lipinski definition) is 4. The van der Waals surface area contributed by atoms with Crippen LogP contribution in [-0.4, -0.2) is 41.1 Å². The number of para-hydroxylation sites is 1. The second-order valence-electron chi connectivity index (χ2n) is 5.59. The summed E-state index contributed by atoms with van der Waals surface area (Å²) in [5.74, 6) is 0.702. The van der Waals surface area contributed by atoms with Crippen LogP contribution in [0.4, 0.5) is 0 Å². The zero-order chi connectivity index (χ0) is 16.2. The molecule has 0 bridgehead atoms. The first-order valence-electron chi connectivity index (χ1n) is 7.23. The van der Waals surface area contributed by atoms with Crippen molar-refractivity contribution in [2.45, 2.75) is 31.2 Å². The lowest BCUT2D eigenvalue weighted by atomic mass is 9.94. The lowest BCUT2D eigenvalue weighted by Gasteiger charge is -2.25. The van der Waals surface area contributed by atoms with E-state index in [1.165, 1.54) is 0 Å². The number of benzene rings is 1. The number of carbonyl (C=O) groups is 2. The molecule has 2 rings (SSSR count). The maximum Gasteiger partial charge on any atom is 0.330 e. The fourth-order valence-corrected chi connectivity index (χ4v) is 3.99. The zero-order valence-corrected chi connectivity index (χ0v) is 13.6. The van der Waals surface area contributed by atoms with Crippen molar-refractivity contribution in [1.82, 2.24) is 5.32 Å². The van der Waals surface area contributed by atoms with Crippen molar-refractivity contribution in [3.63, 3.8) is 0 Å². The minimum absolute atomic E-state index is 0.0453. The van der Waals surface area contributed by atoms with E-state index >= 15 is 0 Å². The topological polar surface area (TPSA) is 75.6 Å². The Morgan fingerprint density at radius 1 is 1.45 bits per heavy atom. The van der Waals surface area contributed by atoms with Gasteiger partial charge in [-0.2, -0.15) is 11.8 Å². The molecule has 0 spiro atoms. The van der Waals surface area contributed by atoms with E-state index < -0.39 is 11.5 Å². The molecule has 1 saturated heterocycles. The third-order valence-electron chi connectivity index (χ3n) is 3.97. The smallest absolute Gasteiger partial charge is 0.330 e. The van der Waals surface area contributed by atoms with Crippen molar-refractivity contribution in [2.24, 2.45) is 0 Å². The lowest BCUT2D eigenvalue weighted by molar-refractivity contribution is -0.146. The molecule has 6 heteroatoms. The maximum atomic E-state index is 12.3. The van der Waals surface area contributed by atoms with Gasteiger partial charge in [-0.05, 0) is 29.7 Å². The summed E-state index contributed by atoms with van der Waals surface area (Å²) in [4.78, 5) is 23.7. The number of carboxylic acids is 1. The first kappa shape index (κ1) is 16.7. The van der Waals surface area contributed by atoms with Gasteiger partial charge in [-0.25, -0.2) is 4.79 Å². The van der Waals surface area contributed by atoms with Crippen LogP contribution in [0.5, 0.6) is 5.75 Å². The van der Waals surface area contributed by atoms with Crippen molar-refractivity contribution in [3.8, 4) is 5.75 Å². The molecule has 1 fully saturated rings. The van der Waals surface area contributed by atoms with E-state index in [1.54, 1.807) is 18.9 Å². The summed E-state index contributed by atoms with van der Waals surface area (Å²) in [6, 6.07) is 7.56. The Kier molecular flexibility index (Phi) is 5.34. The summed E-state index contributed by atoms with van der Waals surface area (Å²) in [6.45, 7) is 1.94. The van der Waals surface area contributed by atoms with Gasteiger partial charge in [0.1, 0.15) is 11.3 Å². The number of thioether (sulfide) groups is 1. The molecule has 1 aromatic rings. The highest BCUT2D eigenvalue weighted by Crippen LogP contribution is 2.31. The first-order valence-corrected chi connectivity index (χ1v) is 8.39. The molecule has 1 aliphatic rings. The molecule has 1 heterocycles. The lowest BCUT2D eigenvalue weighted by Crippen LogP contribution is -2.54. The van der Waals surface area contributed by atoms with Crippen LogP contribution >= 0.6 is 11.8 Å². The predicted octanol–water partition coefficient (Wildman–Crippen LogP) is 2.27. The molecule has 0 aliphatic carbocycles. The van der Waals surface area contributed by atoms with Crippen LogP contribution in [0.25, 0.3) is 0 Å².